The zero-order valence-electron chi connectivity index (χ0n) is 6.69. The first-order valence-corrected chi connectivity index (χ1v) is 3.46. The minimum atomic E-state index is -0.313. The zero-order chi connectivity index (χ0) is 8.97. The van der Waals surface area contributed by atoms with Gasteiger partial charge in [0.05, 0.1) is 5.69 Å². The van der Waals surface area contributed by atoms with E-state index in [0.717, 1.165) is 0 Å². The van der Waals surface area contributed by atoms with Crippen LogP contribution < -0.4 is 5.73 Å². The minimum absolute atomic E-state index is 0.313. The van der Waals surface area contributed by atoms with Gasteiger partial charge in [0.25, 0.3) is 5.91 Å². The lowest BCUT2D eigenvalue weighted by molar-refractivity contribution is -0.116. The summed E-state index contributed by atoms with van der Waals surface area (Å²) in [6.45, 7) is 1.35. The second-order valence-electron chi connectivity index (χ2n) is 2.31. The first kappa shape index (κ1) is 8.39. The maximum absolute atomic E-state index is 10.4. The van der Waals surface area contributed by atoms with E-state index in [1.54, 1.807) is 24.3 Å². The van der Waals surface area contributed by atoms with E-state index in [9.17, 15) is 4.79 Å². The predicted octanol–water partition coefficient (Wildman–Crippen LogP) is 1.90. The van der Waals surface area contributed by atoms with Crippen molar-refractivity contribution in [2.24, 2.45) is 10.2 Å². The van der Waals surface area contributed by atoms with Gasteiger partial charge in [-0.25, -0.2) is 0 Å². The Kier molecular flexibility index (Phi) is 2.53. The number of hydrogen-bond donors (Lipinski definition) is 1. The van der Waals surface area contributed by atoms with Crippen LogP contribution in [0, 0.1) is 0 Å². The van der Waals surface area contributed by atoms with E-state index in [0.29, 0.717) is 11.4 Å². The van der Waals surface area contributed by atoms with E-state index in [2.05, 4.69) is 10.2 Å². The van der Waals surface area contributed by atoms with Crippen molar-refractivity contribution < 1.29 is 4.79 Å². The lowest BCUT2D eigenvalue weighted by atomic mass is 10.3. The van der Waals surface area contributed by atoms with E-state index in [4.69, 9.17) is 5.73 Å². The predicted molar refractivity (Wildman–Crippen MR) is 46.1 cm³/mol. The highest BCUT2D eigenvalue weighted by Crippen LogP contribution is 2.13. The topological polar surface area (TPSA) is 67.8 Å². The smallest absolute Gasteiger partial charge is 0.261 e. The summed E-state index contributed by atoms with van der Waals surface area (Å²) in [6, 6.07) is 6.80. The van der Waals surface area contributed by atoms with E-state index in [1.165, 1.54) is 6.92 Å². The molecule has 1 aromatic rings. The number of carbonyl (C=O) groups excluding carboxylic acids is 1. The van der Waals surface area contributed by atoms with Crippen molar-refractivity contribution in [3.63, 3.8) is 0 Å². The van der Waals surface area contributed by atoms with Crippen LogP contribution in [-0.2, 0) is 4.79 Å². The molecule has 0 aliphatic carbocycles. The molecule has 0 aliphatic heterocycles. The second-order valence-corrected chi connectivity index (χ2v) is 2.31. The lowest BCUT2D eigenvalue weighted by Crippen LogP contribution is -1.81. The minimum Gasteiger partial charge on any atom is -0.399 e. The monoisotopic (exact) mass is 163 g/mol. The number of hydrogen-bond acceptors (Lipinski definition) is 3. The molecule has 0 spiro atoms. The molecule has 1 rings (SSSR count). The van der Waals surface area contributed by atoms with Gasteiger partial charge in [-0.05, 0) is 24.3 Å². The molecule has 0 aromatic heterocycles. The van der Waals surface area contributed by atoms with Crippen molar-refractivity contribution in [3.8, 4) is 0 Å². The molecular formula is C8H9N3O. The summed E-state index contributed by atoms with van der Waals surface area (Å²) in [5.41, 5.74) is 6.73. The number of nitrogens with zero attached hydrogens (tertiary/aromatic N) is 2. The fourth-order valence-electron chi connectivity index (χ4n) is 0.669. The SMILES string of the molecule is CC(=O)N=Nc1ccc(N)cc1. The van der Waals surface area contributed by atoms with Crippen molar-refractivity contribution in [1.29, 1.82) is 0 Å². The number of amides is 1. The Morgan fingerprint density at radius 1 is 1.33 bits per heavy atom. The summed E-state index contributed by atoms with van der Waals surface area (Å²) in [5, 5.41) is 7.04. The molecule has 0 saturated heterocycles. The average molecular weight is 163 g/mol. The van der Waals surface area contributed by atoms with Crippen molar-refractivity contribution >= 4 is 17.3 Å². The summed E-state index contributed by atoms with van der Waals surface area (Å²) in [7, 11) is 0. The molecule has 0 unspecified atom stereocenters. The Bertz CT molecular complexity index is 303. The van der Waals surface area contributed by atoms with E-state index in [-0.39, 0.29) is 5.91 Å². The average Bonchev–Trinajstić information content (AvgIpc) is 2.03. The summed E-state index contributed by atoms with van der Waals surface area (Å²) >= 11 is 0. The standard InChI is InChI=1S/C8H9N3O/c1-6(12)10-11-8-4-2-7(9)3-5-8/h2-5H,9H2,1H3. The van der Waals surface area contributed by atoms with Gasteiger partial charge in [-0.2, -0.15) is 0 Å². The van der Waals surface area contributed by atoms with Crippen LogP contribution in [0.15, 0.2) is 34.5 Å². The van der Waals surface area contributed by atoms with Gasteiger partial charge < -0.3 is 5.73 Å². The third-order valence-corrected chi connectivity index (χ3v) is 1.20. The van der Waals surface area contributed by atoms with Gasteiger partial charge in [-0.1, -0.05) is 0 Å². The van der Waals surface area contributed by atoms with Gasteiger partial charge in [-0.15, -0.1) is 10.2 Å². The Balaban J connectivity index is 2.77. The van der Waals surface area contributed by atoms with E-state index >= 15 is 0 Å². The van der Waals surface area contributed by atoms with Gasteiger partial charge in [-0.3, -0.25) is 4.79 Å². The van der Waals surface area contributed by atoms with Crippen LogP contribution in [0.25, 0.3) is 0 Å². The van der Waals surface area contributed by atoms with Crippen LogP contribution in [0.1, 0.15) is 6.92 Å². The van der Waals surface area contributed by atoms with Crippen LogP contribution in [0.2, 0.25) is 0 Å². The maximum atomic E-state index is 10.4. The third kappa shape index (κ3) is 2.49. The molecule has 0 fully saturated rings. The molecule has 4 nitrogen and oxygen atoms in total. The largest absolute Gasteiger partial charge is 0.399 e. The maximum Gasteiger partial charge on any atom is 0.261 e. The molecule has 0 radical (unpaired) electrons. The van der Waals surface area contributed by atoms with Gasteiger partial charge in [0, 0.05) is 12.6 Å². The molecule has 0 heterocycles. The highest BCUT2D eigenvalue weighted by atomic mass is 16.1. The van der Waals surface area contributed by atoms with Crippen molar-refractivity contribution in [2.75, 3.05) is 5.73 Å². The number of azo groups is 1. The Labute approximate surface area is 70.1 Å². The van der Waals surface area contributed by atoms with E-state index in [1.807, 2.05) is 0 Å². The molecular weight excluding hydrogens is 154 g/mol. The number of nitrogens with two attached hydrogens (primary N) is 1. The molecule has 0 saturated carbocycles. The molecule has 62 valence electrons. The van der Waals surface area contributed by atoms with Crippen molar-refractivity contribution in [2.45, 2.75) is 6.92 Å². The molecule has 0 aliphatic rings. The van der Waals surface area contributed by atoms with Gasteiger partial charge >= 0.3 is 0 Å². The number of anilines is 1. The number of benzene rings is 1. The highest BCUT2D eigenvalue weighted by molar-refractivity contribution is 5.73. The summed E-state index contributed by atoms with van der Waals surface area (Å²) in [4.78, 5) is 10.4. The zero-order valence-corrected chi connectivity index (χ0v) is 6.69. The fraction of sp³-hybridized carbons (Fsp3) is 0.125. The normalized spacial score (nSPS) is 10.4. The molecule has 1 amide bonds. The molecule has 0 atom stereocenters. The number of nitrogen functional groups attached to an aromatic ring is 1. The summed E-state index contributed by atoms with van der Waals surface area (Å²) in [5.74, 6) is -0.313. The highest BCUT2D eigenvalue weighted by Gasteiger charge is 1.89. The Morgan fingerprint density at radius 3 is 2.42 bits per heavy atom. The van der Waals surface area contributed by atoms with Gasteiger partial charge in [0.2, 0.25) is 0 Å². The summed E-state index contributed by atoms with van der Waals surface area (Å²) < 4.78 is 0. The molecule has 2 N–H and O–H groups in total. The molecule has 12 heavy (non-hydrogen) atoms. The van der Waals surface area contributed by atoms with E-state index < -0.39 is 0 Å². The van der Waals surface area contributed by atoms with Crippen LogP contribution in [-0.4, -0.2) is 5.91 Å². The molecule has 1 aromatic carbocycles. The quantitative estimate of drug-likeness (QED) is 0.507. The Morgan fingerprint density at radius 2 is 1.92 bits per heavy atom. The fourth-order valence-corrected chi connectivity index (χ4v) is 0.669. The van der Waals surface area contributed by atoms with Gasteiger partial charge in [0.1, 0.15) is 0 Å². The first-order valence-electron chi connectivity index (χ1n) is 3.46. The summed E-state index contributed by atoms with van der Waals surface area (Å²) in [6.07, 6.45) is 0. The van der Waals surface area contributed by atoms with Crippen LogP contribution in [0.5, 0.6) is 0 Å². The first-order chi connectivity index (χ1) is 5.68. The van der Waals surface area contributed by atoms with Crippen molar-refractivity contribution in [3.05, 3.63) is 24.3 Å². The number of rotatable bonds is 1. The van der Waals surface area contributed by atoms with Crippen molar-refractivity contribution in [1.82, 2.24) is 0 Å². The molecule has 4 heteroatoms. The van der Waals surface area contributed by atoms with Gasteiger partial charge in [0.15, 0.2) is 0 Å². The second kappa shape index (κ2) is 3.61. The van der Waals surface area contributed by atoms with Crippen LogP contribution in [0.4, 0.5) is 11.4 Å². The van der Waals surface area contributed by atoms with Crippen LogP contribution in [0.3, 0.4) is 0 Å². The third-order valence-electron chi connectivity index (χ3n) is 1.20. The van der Waals surface area contributed by atoms with Crippen LogP contribution >= 0.6 is 0 Å². The lowest BCUT2D eigenvalue weighted by Gasteiger charge is -1.91. The number of carbonyl (C=O) groups is 1. The molecule has 0 bridgehead atoms. The Hall–Kier alpha value is -1.71.